The van der Waals surface area contributed by atoms with Crippen LogP contribution >= 0.6 is 34.0 Å². The molecule has 17 aromatic rings. The first-order valence-electron chi connectivity index (χ1n) is 25.7. The molecule has 8 heteroatoms. The monoisotopic (exact) mass is 1030 g/mol. The molecule has 5 nitrogen and oxygen atoms in total. The van der Waals surface area contributed by atoms with Crippen LogP contribution in [0, 0.1) is 0 Å². The van der Waals surface area contributed by atoms with Crippen LogP contribution in [0.5, 0.6) is 0 Å². The van der Waals surface area contributed by atoms with Gasteiger partial charge in [0.05, 0.1) is 11.0 Å². The van der Waals surface area contributed by atoms with Gasteiger partial charge in [0.2, 0.25) is 0 Å². The van der Waals surface area contributed by atoms with E-state index >= 15 is 0 Å². The summed E-state index contributed by atoms with van der Waals surface area (Å²) in [6.07, 6.45) is 0. The van der Waals surface area contributed by atoms with Crippen molar-refractivity contribution in [2.45, 2.75) is 0 Å². The second-order valence-corrected chi connectivity index (χ2v) is 23.1. The first-order valence-corrected chi connectivity index (χ1v) is 28.2. The number of hydrogen-bond acceptors (Lipinski definition) is 7. The minimum Gasteiger partial charge on any atom is -0.456 e. The lowest BCUT2D eigenvalue weighted by atomic mass is 9.99. The number of benzene rings is 11. The van der Waals surface area contributed by atoms with Crippen molar-refractivity contribution in [3.05, 3.63) is 231 Å². The Hall–Kier alpha value is -9.31. The van der Waals surface area contributed by atoms with Gasteiger partial charge >= 0.3 is 0 Å². The van der Waals surface area contributed by atoms with Gasteiger partial charge in [-0.2, -0.15) is 0 Å². The van der Waals surface area contributed by atoms with Crippen molar-refractivity contribution in [2.24, 2.45) is 0 Å². The third-order valence-electron chi connectivity index (χ3n) is 15.5. The Bertz CT molecular complexity index is 5180. The van der Waals surface area contributed by atoms with E-state index < -0.39 is 0 Å². The average molecular weight is 1040 g/mol. The van der Waals surface area contributed by atoms with Crippen LogP contribution in [0.1, 0.15) is 0 Å². The van der Waals surface area contributed by atoms with Gasteiger partial charge in [0, 0.05) is 104 Å². The molecule has 0 radical (unpaired) electrons. The zero-order valence-electron chi connectivity index (χ0n) is 40.9. The fourth-order valence-corrected chi connectivity index (χ4v) is 15.3. The van der Waals surface area contributed by atoms with Crippen molar-refractivity contribution in [1.29, 1.82) is 0 Å². The Morgan fingerprint density at radius 1 is 0.286 bits per heavy atom. The predicted octanol–water partition coefficient (Wildman–Crippen LogP) is 20.3. The summed E-state index contributed by atoms with van der Waals surface area (Å²) in [5.74, 6) is 1.96. The molecule has 11 aromatic carbocycles. The highest BCUT2D eigenvalue weighted by Gasteiger charge is 2.21. The number of nitrogens with zero attached hydrogens (tertiary/aromatic N) is 4. The Labute approximate surface area is 451 Å². The predicted molar refractivity (Wildman–Crippen MR) is 327 cm³/mol. The van der Waals surface area contributed by atoms with Crippen molar-refractivity contribution in [3.8, 4) is 62.1 Å². The van der Waals surface area contributed by atoms with Crippen LogP contribution in [0.2, 0.25) is 0 Å². The Morgan fingerprint density at radius 3 is 1.52 bits per heavy atom. The highest BCUT2D eigenvalue weighted by molar-refractivity contribution is 7.26. The summed E-state index contributed by atoms with van der Waals surface area (Å²) in [4.78, 5) is 15.9. The summed E-state index contributed by atoms with van der Waals surface area (Å²) in [7, 11) is 0. The highest BCUT2D eigenvalue weighted by atomic mass is 32.1. The van der Waals surface area contributed by atoms with Gasteiger partial charge in [0.25, 0.3) is 0 Å². The van der Waals surface area contributed by atoms with Gasteiger partial charge in [-0.1, -0.05) is 146 Å². The zero-order chi connectivity index (χ0) is 50.3. The number of hydrogen-bond donors (Lipinski definition) is 0. The van der Waals surface area contributed by atoms with E-state index in [4.69, 9.17) is 19.4 Å². The lowest BCUT2D eigenvalue weighted by Gasteiger charge is -2.10. The van der Waals surface area contributed by atoms with E-state index in [1.54, 1.807) is 34.0 Å². The molecule has 6 heterocycles. The molecule has 0 aliphatic carbocycles. The molecular weight excluding hydrogens is 997 g/mol. The quantitative estimate of drug-likeness (QED) is 0.167. The molecule has 0 fully saturated rings. The number of rotatable bonds is 6. The van der Waals surface area contributed by atoms with E-state index in [0.717, 1.165) is 72.0 Å². The van der Waals surface area contributed by atoms with Gasteiger partial charge in [-0.05, 0) is 107 Å². The zero-order valence-corrected chi connectivity index (χ0v) is 43.3. The lowest BCUT2D eigenvalue weighted by molar-refractivity contribution is 0.669. The standard InChI is InChI=1S/C69H38N4OS3/c1-2-11-45(12-3-1)73-56-17-7-4-13-46(56)47-27-21-40(34-57(47)73)39-26-32-58-55(33-39)48-28-22-41(35-59(48)74-58)42-23-31-53-65(36-42)77-62-20-10-16-54(66(53)62)69-71-67(43-24-29-51-49-14-5-8-18-60(49)75-63(51)37-43)70-68(72-69)44-25-30-52-50-15-6-9-19-61(50)76-64(52)38-44/h1-38H. The Balaban J connectivity index is 0.755. The van der Waals surface area contributed by atoms with Gasteiger partial charge in [-0.15, -0.1) is 34.0 Å². The van der Waals surface area contributed by atoms with Crippen LogP contribution < -0.4 is 0 Å². The average Bonchev–Trinajstić information content (AvgIpc) is 4.32. The first-order chi connectivity index (χ1) is 38.1. The van der Waals surface area contributed by atoms with E-state index in [1.807, 2.05) is 0 Å². The molecule has 0 aliphatic heterocycles. The number of para-hydroxylation sites is 2. The maximum atomic E-state index is 6.63. The molecule has 0 spiro atoms. The molecule has 0 saturated carbocycles. The number of aromatic nitrogens is 4. The molecule has 0 aliphatic rings. The van der Waals surface area contributed by atoms with Crippen LogP contribution in [0.4, 0.5) is 0 Å². The van der Waals surface area contributed by atoms with Crippen LogP contribution in [0.15, 0.2) is 235 Å². The second-order valence-electron chi connectivity index (χ2n) is 19.9. The van der Waals surface area contributed by atoms with Crippen molar-refractivity contribution < 1.29 is 4.42 Å². The number of thiophene rings is 3. The normalized spacial score (nSPS) is 12.2. The largest absolute Gasteiger partial charge is 0.456 e. The lowest BCUT2D eigenvalue weighted by Crippen LogP contribution is -2.00. The minimum atomic E-state index is 0.654. The fraction of sp³-hybridized carbons (Fsp3) is 0. The topological polar surface area (TPSA) is 56.7 Å². The van der Waals surface area contributed by atoms with E-state index in [9.17, 15) is 0 Å². The molecule has 17 rings (SSSR count). The van der Waals surface area contributed by atoms with E-state index in [0.29, 0.717) is 17.5 Å². The highest BCUT2D eigenvalue weighted by Crippen LogP contribution is 2.44. The van der Waals surface area contributed by atoms with Gasteiger partial charge in [0.15, 0.2) is 17.5 Å². The van der Waals surface area contributed by atoms with Gasteiger partial charge in [0.1, 0.15) is 11.2 Å². The summed E-state index contributed by atoms with van der Waals surface area (Å²) in [6, 6.07) is 83.2. The summed E-state index contributed by atoms with van der Waals surface area (Å²) < 4.78 is 16.3. The van der Waals surface area contributed by atoms with Gasteiger partial charge < -0.3 is 8.98 Å². The third kappa shape index (κ3) is 6.73. The molecule has 0 bridgehead atoms. The first kappa shape index (κ1) is 43.0. The summed E-state index contributed by atoms with van der Waals surface area (Å²) in [6.45, 7) is 0. The molecule has 0 amide bonds. The van der Waals surface area contributed by atoms with Crippen molar-refractivity contribution in [2.75, 3.05) is 0 Å². The second kappa shape index (κ2) is 16.6. The smallest absolute Gasteiger partial charge is 0.164 e. The minimum absolute atomic E-state index is 0.654. The molecular formula is C69H38N4OS3. The van der Waals surface area contributed by atoms with Crippen molar-refractivity contribution in [1.82, 2.24) is 19.5 Å². The number of furan rings is 1. The van der Waals surface area contributed by atoms with E-state index in [-0.39, 0.29) is 0 Å². The van der Waals surface area contributed by atoms with Crippen molar-refractivity contribution >= 4 is 138 Å². The third-order valence-corrected chi connectivity index (χ3v) is 18.9. The molecule has 0 atom stereocenters. The van der Waals surface area contributed by atoms with Gasteiger partial charge in [-0.25, -0.2) is 15.0 Å². The SMILES string of the molecule is c1ccc(-n2c3ccccc3c3ccc(-c4ccc5oc6cc(-c7ccc8c(c7)sc7cccc(-c9nc(-c%10ccc%11c(c%10)sc%10ccccc%10%11)nc(-c%10ccc%11c(c%10)sc%10ccccc%10%11)n9)c78)ccc6c5c4)cc32)cc1. The summed E-state index contributed by atoms with van der Waals surface area (Å²) >= 11 is 5.41. The molecule has 0 N–H and O–H groups in total. The summed E-state index contributed by atoms with van der Waals surface area (Å²) in [5.41, 5.74) is 12.7. The van der Waals surface area contributed by atoms with Crippen LogP contribution in [0.25, 0.3) is 166 Å². The maximum Gasteiger partial charge on any atom is 0.164 e. The molecule has 0 unspecified atom stereocenters. The molecule has 358 valence electrons. The van der Waals surface area contributed by atoms with Crippen LogP contribution in [-0.2, 0) is 0 Å². The van der Waals surface area contributed by atoms with E-state index in [1.165, 1.54) is 76.9 Å². The molecule has 6 aromatic heterocycles. The summed E-state index contributed by atoms with van der Waals surface area (Å²) in [5, 5.41) is 12.0. The van der Waals surface area contributed by atoms with Crippen LogP contribution in [-0.4, -0.2) is 19.5 Å². The molecule has 77 heavy (non-hydrogen) atoms. The van der Waals surface area contributed by atoms with E-state index in [2.05, 4.69) is 235 Å². The Kier molecular flexibility index (Phi) is 9.26. The van der Waals surface area contributed by atoms with Crippen molar-refractivity contribution in [3.63, 3.8) is 0 Å². The van der Waals surface area contributed by atoms with Crippen LogP contribution in [0.3, 0.4) is 0 Å². The maximum absolute atomic E-state index is 6.63. The Morgan fingerprint density at radius 2 is 0.779 bits per heavy atom. The van der Waals surface area contributed by atoms with Gasteiger partial charge in [-0.3, -0.25) is 0 Å². The molecule has 0 saturated heterocycles. The fourth-order valence-electron chi connectivity index (χ4n) is 11.8. The number of fused-ring (bicyclic) bond motifs is 15.